The zero-order valence-electron chi connectivity index (χ0n) is 7.23. The minimum atomic E-state index is 0.0146. The minimum Gasteiger partial charge on any atom is -0.344 e. The third-order valence-electron chi connectivity index (χ3n) is 1.58. The molecular weight excluding hydrogens is 162 g/mol. The van der Waals surface area contributed by atoms with Crippen molar-refractivity contribution >= 4 is 11.6 Å². The molecule has 0 saturated heterocycles. The van der Waals surface area contributed by atoms with E-state index < -0.39 is 0 Å². The number of hydrogen-bond acceptors (Lipinski definition) is 2. The number of hydrogen-bond donors (Lipinski definition) is 0. The smallest absolute Gasteiger partial charge is 0.229 e. The summed E-state index contributed by atoms with van der Waals surface area (Å²) in [5.74, 6) is 0. The van der Waals surface area contributed by atoms with E-state index in [1.54, 1.807) is 0 Å². The molecule has 1 aromatic heterocycles. The van der Waals surface area contributed by atoms with Gasteiger partial charge in [-0.05, 0) is 18.5 Å². The Labute approximate surface area is 71.5 Å². The fourth-order valence-corrected chi connectivity index (χ4v) is 1.14. The third-order valence-corrected chi connectivity index (χ3v) is 1.93. The largest absolute Gasteiger partial charge is 0.344 e. The Hall–Kier alpha value is -0.500. The van der Waals surface area contributed by atoms with Crippen LogP contribution in [-0.4, -0.2) is 5.16 Å². The van der Waals surface area contributed by atoms with Crippen LogP contribution in [0.15, 0.2) is 4.52 Å². The van der Waals surface area contributed by atoms with Gasteiger partial charge in [0.15, 0.2) is 0 Å². The van der Waals surface area contributed by atoms with Gasteiger partial charge in [-0.2, -0.15) is 0 Å². The Bertz CT molecular complexity index is 260. The van der Waals surface area contributed by atoms with Gasteiger partial charge in [0.1, 0.15) is 0 Å². The third kappa shape index (κ3) is 1.56. The highest BCUT2D eigenvalue weighted by atomic mass is 35.5. The summed E-state index contributed by atoms with van der Waals surface area (Å²) in [4.78, 5) is 0. The topological polar surface area (TPSA) is 26.0 Å². The summed E-state index contributed by atoms with van der Waals surface area (Å²) in [5.41, 5.74) is 1.89. The number of aromatic nitrogens is 1. The molecular formula is C8H12ClNO. The fourth-order valence-electron chi connectivity index (χ4n) is 1.02. The van der Waals surface area contributed by atoms with Gasteiger partial charge in [0.25, 0.3) is 0 Å². The molecule has 1 aromatic rings. The molecule has 0 N–H and O–H groups in total. The first kappa shape index (κ1) is 8.60. The maximum Gasteiger partial charge on any atom is 0.229 e. The Kier molecular flexibility index (Phi) is 1.97. The predicted octanol–water partition coefficient (Wildman–Crippen LogP) is 2.93. The van der Waals surface area contributed by atoms with Gasteiger partial charge in [-0.25, -0.2) is 0 Å². The second-order valence-corrected chi connectivity index (χ2v) is 4.02. The van der Waals surface area contributed by atoms with Crippen LogP contribution in [0.5, 0.6) is 0 Å². The SMILES string of the molecule is Cc1c(C(C)(C)C)noc1Cl. The first-order chi connectivity index (χ1) is 4.93. The zero-order valence-corrected chi connectivity index (χ0v) is 7.99. The van der Waals surface area contributed by atoms with Crippen LogP contribution in [0, 0.1) is 6.92 Å². The van der Waals surface area contributed by atoms with E-state index in [9.17, 15) is 0 Å². The molecule has 2 nitrogen and oxygen atoms in total. The first-order valence-electron chi connectivity index (χ1n) is 3.55. The molecule has 0 amide bonds. The molecule has 0 atom stereocenters. The molecule has 0 aliphatic carbocycles. The first-order valence-corrected chi connectivity index (χ1v) is 3.93. The summed E-state index contributed by atoms with van der Waals surface area (Å²) in [6.07, 6.45) is 0. The summed E-state index contributed by atoms with van der Waals surface area (Å²) in [6, 6.07) is 0. The summed E-state index contributed by atoms with van der Waals surface area (Å²) >= 11 is 5.71. The van der Waals surface area contributed by atoms with Gasteiger partial charge in [-0.1, -0.05) is 25.9 Å². The Morgan fingerprint density at radius 3 is 2.09 bits per heavy atom. The number of halogens is 1. The molecule has 11 heavy (non-hydrogen) atoms. The standard InChI is InChI=1S/C8H12ClNO/c1-5-6(8(2,3)4)10-11-7(5)9/h1-4H3. The van der Waals surface area contributed by atoms with Crippen LogP contribution < -0.4 is 0 Å². The lowest BCUT2D eigenvalue weighted by atomic mass is 9.90. The average Bonchev–Trinajstić information content (AvgIpc) is 2.11. The molecule has 0 aliphatic rings. The molecule has 1 rings (SSSR count). The van der Waals surface area contributed by atoms with Crippen molar-refractivity contribution in [3.05, 3.63) is 16.5 Å². The van der Waals surface area contributed by atoms with Crippen molar-refractivity contribution in [3.8, 4) is 0 Å². The quantitative estimate of drug-likeness (QED) is 0.603. The molecule has 0 aromatic carbocycles. The van der Waals surface area contributed by atoms with E-state index in [-0.39, 0.29) is 5.41 Å². The number of rotatable bonds is 0. The van der Waals surface area contributed by atoms with E-state index in [2.05, 4.69) is 25.9 Å². The molecule has 1 heterocycles. The summed E-state index contributed by atoms with van der Waals surface area (Å²) in [5, 5.41) is 4.28. The molecule has 0 radical (unpaired) electrons. The highest BCUT2D eigenvalue weighted by molar-refractivity contribution is 6.29. The number of nitrogens with zero attached hydrogens (tertiary/aromatic N) is 1. The lowest BCUT2D eigenvalue weighted by Crippen LogP contribution is -2.12. The summed E-state index contributed by atoms with van der Waals surface area (Å²) in [7, 11) is 0. The van der Waals surface area contributed by atoms with Crippen LogP contribution in [-0.2, 0) is 5.41 Å². The molecule has 0 bridgehead atoms. The van der Waals surface area contributed by atoms with Crippen molar-refractivity contribution in [1.82, 2.24) is 5.16 Å². The van der Waals surface area contributed by atoms with E-state index >= 15 is 0 Å². The second kappa shape index (κ2) is 2.52. The lowest BCUT2D eigenvalue weighted by molar-refractivity contribution is 0.394. The summed E-state index contributed by atoms with van der Waals surface area (Å²) in [6.45, 7) is 8.15. The Morgan fingerprint density at radius 2 is 1.91 bits per heavy atom. The highest BCUT2D eigenvalue weighted by Gasteiger charge is 2.22. The van der Waals surface area contributed by atoms with Gasteiger partial charge in [0.2, 0.25) is 5.22 Å². The van der Waals surface area contributed by atoms with Crippen LogP contribution >= 0.6 is 11.6 Å². The van der Waals surface area contributed by atoms with Gasteiger partial charge in [-0.3, -0.25) is 0 Å². The van der Waals surface area contributed by atoms with Crippen molar-refractivity contribution in [1.29, 1.82) is 0 Å². The van der Waals surface area contributed by atoms with Crippen molar-refractivity contribution in [2.45, 2.75) is 33.1 Å². The maximum absolute atomic E-state index is 5.71. The van der Waals surface area contributed by atoms with Crippen LogP contribution in [0.2, 0.25) is 5.22 Å². The van der Waals surface area contributed by atoms with Crippen LogP contribution in [0.1, 0.15) is 32.0 Å². The van der Waals surface area contributed by atoms with Gasteiger partial charge in [0.05, 0.1) is 5.69 Å². The zero-order chi connectivity index (χ0) is 8.65. The lowest BCUT2D eigenvalue weighted by Gasteiger charge is -2.14. The predicted molar refractivity (Wildman–Crippen MR) is 45.0 cm³/mol. The van der Waals surface area contributed by atoms with Gasteiger partial charge >= 0.3 is 0 Å². The van der Waals surface area contributed by atoms with Crippen molar-refractivity contribution in [2.24, 2.45) is 0 Å². The van der Waals surface area contributed by atoms with Crippen LogP contribution in [0.3, 0.4) is 0 Å². The van der Waals surface area contributed by atoms with Gasteiger partial charge < -0.3 is 4.52 Å². The average molecular weight is 174 g/mol. The molecule has 0 fully saturated rings. The monoisotopic (exact) mass is 173 g/mol. The minimum absolute atomic E-state index is 0.0146. The Morgan fingerprint density at radius 1 is 1.36 bits per heavy atom. The molecule has 0 unspecified atom stereocenters. The van der Waals surface area contributed by atoms with E-state index in [4.69, 9.17) is 16.1 Å². The molecule has 3 heteroatoms. The van der Waals surface area contributed by atoms with Crippen molar-refractivity contribution in [2.75, 3.05) is 0 Å². The molecule has 0 spiro atoms. The Balaban J connectivity index is 3.15. The van der Waals surface area contributed by atoms with Crippen LogP contribution in [0.4, 0.5) is 0 Å². The molecule has 62 valence electrons. The van der Waals surface area contributed by atoms with E-state index in [0.717, 1.165) is 11.3 Å². The van der Waals surface area contributed by atoms with Crippen molar-refractivity contribution in [3.63, 3.8) is 0 Å². The fraction of sp³-hybridized carbons (Fsp3) is 0.625. The summed E-state index contributed by atoms with van der Waals surface area (Å²) < 4.78 is 4.84. The second-order valence-electron chi connectivity index (χ2n) is 3.68. The molecule has 0 aliphatic heterocycles. The van der Waals surface area contributed by atoms with Gasteiger partial charge in [-0.15, -0.1) is 0 Å². The van der Waals surface area contributed by atoms with Gasteiger partial charge in [0, 0.05) is 11.0 Å². The van der Waals surface area contributed by atoms with Crippen molar-refractivity contribution < 1.29 is 4.52 Å². The van der Waals surface area contributed by atoms with E-state index in [1.807, 2.05) is 6.92 Å². The highest BCUT2D eigenvalue weighted by Crippen LogP contribution is 2.28. The van der Waals surface area contributed by atoms with E-state index in [1.165, 1.54) is 0 Å². The normalized spacial score (nSPS) is 12.1. The van der Waals surface area contributed by atoms with E-state index in [0.29, 0.717) is 5.22 Å². The van der Waals surface area contributed by atoms with Crippen LogP contribution in [0.25, 0.3) is 0 Å². The molecule has 0 saturated carbocycles. The maximum atomic E-state index is 5.71.